The van der Waals surface area contributed by atoms with Gasteiger partial charge in [0, 0.05) is 12.3 Å². The van der Waals surface area contributed by atoms with E-state index in [-0.39, 0.29) is 12.0 Å². The highest BCUT2D eigenvalue weighted by Crippen LogP contribution is 2.41. The molecule has 4 bridgehead atoms. The van der Waals surface area contributed by atoms with Crippen LogP contribution in [0.15, 0.2) is 46.4 Å². The van der Waals surface area contributed by atoms with Crippen molar-refractivity contribution in [2.45, 2.75) is 44.4 Å². The van der Waals surface area contributed by atoms with Crippen molar-refractivity contribution in [3.05, 3.63) is 59.1 Å². The lowest BCUT2D eigenvalue weighted by molar-refractivity contribution is -0.140. The molecule has 7 heteroatoms. The van der Waals surface area contributed by atoms with Gasteiger partial charge in [-0.15, -0.1) is 0 Å². The standard InChI is InChI=1S/C23H29NO6/c1-11(2)13-9-17-14(22(26)28-7)10-18(29-17)19(12(3)4)21-20(24(5)6)15(8-16(13)25)23(27)30-21/h8,10,13,16,19-21,25H,1,3,9H2,2,4-7H3/b15-8-/t13-,16?,19?,20?,21-/m0/s1. The van der Waals surface area contributed by atoms with Gasteiger partial charge in [-0.1, -0.05) is 24.3 Å². The van der Waals surface area contributed by atoms with Crippen molar-refractivity contribution in [2.24, 2.45) is 5.92 Å². The minimum Gasteiger partial charge on any atom is -0.465 e. The molecule has 3 heterocycles. The Bertz CT molecular complexity index is 924. The summed E-state index contributed by atoms with van der Waals surface area (Å²) in [6.07, 6.45) is 0.161. The van der Waals surface area contributed by atoms with Gasteiger partial charge in [-0.05, 0) is 40.1 Å². The number of aliphatic hydroxyl groups is 1. The molecule has 0 amide bonds. The fourth-order valence-corrected chi connectivity index (χ4v) is 4.35. The highest BCUT2D eigenvalue weighted by molar-refractivity contribution is 5.93. The van der Waals surface area contributed by atoms with Crippen LogP contribution in [-0.2, 0) is 20.7 Å². The lowest BCUT2D eigenvalue weighted by Gasteiger charge is -2.30. The Morgan fingerprint density at radius 1 is 1.27 bits per heavy atom. The first-order chi connectivity index (χ1) is 14.1. The van der Waals surface area contributed by atoms with Crippen LogP contribution in [0.25, 0.3) is 0 Å². The van der Waals surface area contributed by atoms with E-state index in [1.165, 1.54) is 7.11 Å². The number of esters is 2. The number of hydrogen-bond donors (Lipinski definition) is 1. The molecule has 3 unspecified atom stereocenters. The van der Waals surface area contributed by atoms with Gasteiger partial charge < -0.3 is 19.0 Å². The Kier molecular flexibility index (Phi) is 6.06. The minimum absolute atomic E-state index is 0.236. The third-order valence-corrected chi connectivity index (χ3v) is 5.87. The maximum atomic E-state index is 12.8. The van der Waals surface area contributed by atoms with Crippen LogP contribution in [0.2, 0.25) is 0 Å². The minimum atomic E-state index is -1.01. The topological polar surface area (TPSA) is 89.2 Å². The monoisotopic (exact) mass is 415 g/mol. The fourth-order valence-electron chi connectivity index (χ4n) is 4.35. The predicted molar refractivity (Wildman–Crippen MR) is 111 cm³/mol. The average Bonchev–Trinajstić information content (AvgIpc) is 3.19. The van der Waals surface area contributed by atoms with E-state index in [1.54, 1.807) is 19.1 Å². The van der Waals surface area contributed by atoms with Crippen LogP contribution in [-0.4, -0.2) is 61.4 Å². The van der Waals surface area contributed by atoms with E-state index in [9.17, 15) is 14.7 Å². The SMILES string of the molecule is C=C(C)C1c2cc(C(=O)OC)c(o2)C[C@@H](C(=C)C)C(O)/C=C2\C(=O)O[C@@H]1C2N(C)C. The smallest absolute Gasteiger partial charge is 0.341 e. The molecule has 1 aromatic heterocycles. The van der Waals surface area contributed by atoms with Gasteiger partial charge in [0.1, 0.15) is 23.2 Å². The summed E-state index contributed by atoms with van der Waals surface area (Å²) < 4.78 is 16.8. The number of rotatable bonds is 4. The average molecular weight is 415 g/mol. The van der Waals surface area contributed by atoms with Crippen molar-refractivity contribution in [2.75, 3.05) is 21.2 Å². The lowest BCUT2D eigenvalue weighted by Crippen LogP contribution is -2.40. The van der Waals surface area contributed by atoms with Crippen LogP contribution < -0.4 is 0 Å². The molecule has 5 atom stereocenters. The van der Waals surface area contributed by atoms with E-state index < -0.39 is 42.0 Å². The van der Waals surface area contributed by atoms with Gasteiger partial charge >= 0.3 is 11.9 Å². The maximum Gasteiger partial charge on any atom is 0.341 e. The molecule has 0 saturated carbocycles. The molecule has 0 spiro atoms. The lowest BCUT2D eigenvalue weighted by atomic mass is 9.84. The van der Waals surface area contributed by atoms with E-state index in [1.807, 2.05) is 25.9 Å². The van der Waals surface area contributed by atoms with Crippen LogP contribution in [0.1, 0.15) is 41.6 Å². The molecule has 2 aliphatic rings. The van der Waals surface area contributed by atoms with Crippen molar-refractivity contribution in [1.82, 2.24) is 4.90 Å². The summed E-state index contributed by atoms with van der Waals surface area (Å²) in [6, 6.07) is 1.21. The van der Waals surface area contributed by atoms with Crippen LogP contribution in [0.4, 0.5) is 0 Å². The van der Waals surface area contributed by atoms with E-state index >= 15 is 0 Å². The Morgan fingerprint density at radius 2 is 1.93 bits per heavy atom. The first-order valence-corrected chi connectivity index (χ1v) is 9.85. The number of methoxy groups -OCH3 is 1. The first-order valence-electron chi connectivity index (χ1n) is 9.85. The number of ether oxygens (including phenoxy) is 2. The highest BCUT2D eigenvalue weighted by Gasteiger charge is 2.48. The van der Waals surface area contributed by atoms with E-state index in [0.29, 0.717) is 22.7 Å². The molecule has 0 aliphatic carbocycles. The third kappa shape index (κ3) is 3.75. The zero-order valence-electron chi connectivity index (χ0n) is 18.1. The van der Waals surface area contributed by atoms with Crippen LogP contribution in [0.5, 0.6) is 0 Å². The summed E-state index contributed by atoms with van der Waals surface area (Å²) in [4.78, 5) is 27.1. The summed E-state index contributed by atoms with van der Waals surface area (Å²) in [7, 11) is 5.00. The largest absolute Gasteiger partial charge is 0.465 e. The molecule has 1 fully saturated rings. The second-order valence-corrected chi connectivity index (χ2v) is 8.35. The molecule has 30 heavy (non-hydrogen) atoms. The van der Waals surface area contributed by atoms with Crippen LogP contribution >= 0.6 is 0 Å². The number of nitrogens with zero attached hydrogens (tertiary/aromatic N) is 1. The zero-order chi connectivity index (χ0) is 22.3. The van der Waals surface area contributed by atoms with Gasteiger partial charge in [-0.25, -0.2) is 9.59 Å². The molecule has 7 nitrogen and oxygen atoms in total. The number of hydrogen-bond acceptors (Lipinski definition) is 7. The molecular weight excluding hydrogens is 386 g/mol. The van der Waals surface area contributed by atoms with Gasteiger partial charge in [0.2, 0.25) is 0 Å². The Labute approximate surface area is 176 Å². The van der Waals surface area contributed by atoms with Crippen LogP contribution in [0.3, 0.4) is 0 Å². The first kappa shape index (κ1) is 22.1. The molecule has 162 valence electrons. The summed E-state index contributed by atoms with van der Waals surface area (Å²) in [5, 5.41) is 11.0. The van der Waals surface area contributed by atoms with Gasteiger partial charge in [0.15, 0.2) is 0 Å². The van der Waals surface area contributed by atoms with Crippen LogP contribution in [0, 0.1) is 5.92 Å². The Morgan fingerprint density at radius 3 is 2.47 bits per heavy atom. The number of fused-ring (bicyclic) bond motifs is 4. The van der Waals surface area contributed by atoms with E-state index in [2.05, 4.69) is 13.2 Å². The molecule has 2 aliphatic heterocycles. The number of carbonyl (C=O) groups is 2. The van der Waals surface area contributed by atoms with Gasteiger partial charge in [-0.2, -0.15) is 0 Å². The molecule has 3 rings (SSSR count). The zero-order valence-corrected chi connectivity index (χ0v) is 18.1. The number of likely N-dealkylation sites (N-methyl/N-ethyl adjacent to an activating group) is 1. The predicted octanol–water partition coefficient (Wildman–Crippen LogP) is 2.62. The number of furan rings is 1. The highest BCUT2D eigenvalue weighted by atomic mass is 16.6. The molecule has 1 N–H and O–H groups in total. The fraction of sp³-hybridized carbons (Fsp3) is 0.478. The van der Waals surface area contributed by atoms with Crippen molar-refractivity contribution >= 4 is 11.9 Å². The number of aliphatic hydroxyl groups excluding tert-OH is 1. The third-order valence-electron chi connectivity index (χ3n) is 5.87. The second-order valence-electron chi connectivity index (χ2n) is 8.35. The van der Waals surface area contributed by atoms with Gasteiger partial charge in [-0.3, -0.25) is 4.90 Å². The Balaban J connectivity index is 2.28. The van der Waals surface area contributed by atoms with Crippen molar-refractivity contribution < 1.29 is 28.6 Å². The van der Waals surface area contributed by atoms with Crippen molar-refractivity contribution in [3.63, 3.8) is 0 Å². The molecule has 0 radical (unpaired) electrons. The summed E-state index contributed by atoms with van der Waals surface area (Å²) in [6.45, 7) is 11.7. The van der Waals surface area contributed by atoms with Gasteiger partial charge in [0.05, 0.1) is 30.7 Å². The summed E-state index contributed by atoms with van der Waals surface area (Å²) in [5.74, 6) is -1.07. The molecule has 1 saturated heterocycles. The van der Waals surface area contributed by atoms with Crippen molar-refractivity contribution in [3.8, 4) is 0 Å². The van der Waals surface area contributed by atoms with E-state index in [4.69, 9.17) is 13.9 Å². The normalized spacial score (nSPS) is 30.2. The molecule has 0 aromatic carbocycles. The Hall–Kier alpha value is -2.64. The quantitative estimate of drug-likeness (QED) is 0.597. The summed E-state index contributed by atoms with van der Waals surface area (Å²) in [5.41, 5.74) is 2.12. The molecule has 1 aromatic rings. The van der Waals surface area contributed by atoms with E-state index in [0.717, 1.165) is 5.57 Å². The van der Waals surface area contributed by atoms with Gasteiger partial charge in [0.25, 0.3) is 0 Å². The maximum absolute atomic E-state index is 12.8. The summed E-state index contributed by atoms with van der Waals surface area (Å²) >= 11 is 0. The second kappa shape index (κ2) is 8.24. The number of carbonyl (C=O) groups excluding carboxylic acids is 2. The molecular formula is C23H29NO6. The van der Waals surface area contributed by atoms with Crippen molar-refractivity contribution in [1.29, 1.82) is 0 Å².